The van der Waals surface area contributed by atoms with E-state index in [9.17, 15) is 0 Å². The topological polar surface area (TPSA) is 75.6 Å². The molecule has 1 aromatic carbocycles. The molecule has 0 N–H and O–H groups in total. The van der Waals surface area contributed by atoms with Crippen LogP contribution in [0.5, 0.6) is 0 Å². The summed E-state index contributed by atoms with van der Waals surface area (Å²) in [6, 6.07) is 7.41. The zero-order valence-electron chi connectivity index (χ0n) is 10.8. The Morgan fingerprint density at radius 3 is 2.82 bits per heavy atom. The van der Waals surface area contributed by atoms with Crippen molar-refractivity contribution < 1.29 is 4.42 Å². The van der Waals surface area contributed by atoms with E-state index in [1.165, 1.54) is 18.0 Å². The van der Waals surface area contributed by atoms with Crippen molar-refractivity contribution in [3.63, 3.8) is 0 Å². The third-order valence-electron chi connectivity index (χ3n) is 2.62. The van der Waals surface area contributed by atoms with Crippen LogP contribution in [0.3, 0.4) is 0 Å². The fourth-order valence-electron chi connectivity index (χ4n) is 1.67. The molecule has 0 unspecified atom stereocenters. The summed E-state index contributed by atoms with van der Waals surface area (Å²) in [6.45, 7) is 0. The molecule has 0 saturated heterocycles. The summed E-state index contributed by atoms with van der Waals surface area (Å²) in [4.78, 5) is 13.2. The molecule has 2 heterocycles. The summed E-state index contributed by atoms with van der Waals surface area (Å²) >= 11 is 11.0. The number of benzene rings is 1. The predicted molar refractivity (Wildman–Crippen MR) is 85.5 cm³/mol. The lowest BCUT2D eigenvalue weighted by molar-refractivity contribution is 0.574. The van der Waals surface area contributed by atoms with Crippen molar-refractivity contribution in [1.29, 1.82) is 5.26 Å². The molecule has 3 rings (SSSR count). The van der Waals surface area contributed by atoms with E-state index in [2.05, 4.69) is 30.9 Å². The van der Waals surface area contributed by atoms with E-state index in [-0.39, 0.29) is 5.69 Å². The first-order chi connectivity index (χ1) is 10.7. The quantitative estimate of drug-likeness (QED) is 0.649. The van der Waals surface area contributed by atoms with E-state index in [4.69, 9.17) is 21.3 Å². The molecule has 2 aromatic heterocycles. The van der Waals surface area contributed by atoms with Crippen LogP contribution >= 0.6 is 39.3 Å². The SMILES string of the molecule is N#Cc1coc(-c2cccc(Sc3cnc(Br)cn3)c2Cl)n1. The molecular formula is C14H6BrClN4OS. The first-order valence-electron chi connectivity index (χ1n) is 5.97. The third-order valence-corrected chi connectivity index (χ3v) is 4.53. The molecule has 0 aliphatic heterocycles. The molecule has 0 aliphatic carbocycles. The number of hydrogen-bond acceptors (Lipinski definition) is 6. The fourth-order valence-corrected chi connectivity index (χ4v) is 2.98. The van der Waals surface area contributed by atoms with Gasteiger partial charge in [-0.2, -0.15) is 10.2 Å². The lowest BCUT2D eigenvalue weighted by Crippen LogP contribution is -1.86. The average molecular weight is 394 g/mol. The van der Waals surface area contributed by atoms with Crippen molar-refractivity contribution in [2.75, 3.05) is 0 Å². The smallest absolute Gasteiger partial charge is 0.228 e. The van der Waals surface area contributed by atoms with Gasteiger partial charge in [0.25, 0.3) is 0 Å². The minimum Gasteiger partial charge on any atom is -0.443 e. The molecule has 0 amide bonds. The first-order valence-corrected chi connectivity index (χ1v) is 7.96. The van der Waals surface area contributed by atoms with Gasteiger partial charge in [-0.3, -0.25) is 0 Å². The van der Waals surface area contributed by atoms with E-state index in [1.807, 2.05) is 18.2 Å². The van der Waals surface area contributed by atoms with E-state index < -0.39 is 0 Å². The van der Waals surface area contributed by atoms with Gasteiger partial charge in [-0.1, -0.05) is 29.4 Å². The van der Waals surface area contributed by atoms with Crippen LogP contribution in [0.1, 0.15) is 5.69 Å². The van der Waals surface area contributed by atoms with E-state index in [0.29, 0.717) is 26.1 Å². The fraction of sp³-hybridized carbons (Fsp3) is 0. The summed E-state index contributed by atoms with van der Waals surface area (Å²) in [7, 11) is 0. The van der Waals surface area contributed by atoms with E-state index in [1.54, 1.807) is 18.5 Å². The van der Waals surface area contributed by atoms with Crippen LogP contribution in [0, 0.1) is 11.3 Å². The van der Waals surface area contributed by atoms with Crippen LogP contribution in [-0.4, -0.2) is 15.0 Å². The van der Waals surface area contributed by atoms with Gasteiger partial charge in [0.15, 0.2) is 5.69 Å². The molecule has 0 aliphatic rings. The summed E-state index contributed by atoms with van der Waals surface area (Å²) in [5.74, 6) is 0.311. The van der Waals surface area contributed by atoms with Gasteiger partial charge in [-0.25, -0.2) is 9.97 Å². The van der Waals surface area contributed by atoms with Crippen LogP contribution in [0.4, 0.5) is 0 Å². The van der Waals surface area contributed by atoms with Crippen LogP contribution in [0.15, 0.2) is 55.8 Å². The Kier molecular flexibility index (Phi) is 4.43. The van der Waals surface area contributed by atoms with Gasteiger partial charge in [0, 0.05) is 4.90 Å². The molecule has 5 nitrogen and oxygen atoms in total. The lowest BCUT2D eigenvalue weighted by atomic mass is 10.2. The third kappa shape index (κ3) is 3.14. The van der Waals surface area contributed by atoms with Gasteiger partial charge in [0.05, 0.1) is 23.0 Å². The second kappa shape index (κ2) is 6.48. The molecule has 22 heavy (non-hydrogen) atoms. The summed E-state index contributed by atoms with van der Waals surface area (Å²) in [5, 5.41) is 10.0. The van der Waals surface area contributed by atoms with E-state index in [0.717, 1.165) is 4.90 Å². The highest BCUT2D eigenvalue weighted by molar-refractivity contribution is 9.10. The molecule has 0 radical (unpaired) electrons. The minimum absolute atomic E-state index is 0.211. The Hall–Kier alpha value is -1.88. The van der Waals surface area contributed by atoms with Gasteiger partial charge in [-0.05, 0) is 28.1 Å². The zero-order chi connectivity index (χ0) is 15.5. The van der Waals surface area contributed by atoms with E-state index >= 15 is 0 Å². The van der Waals surface area contributed by atoms with Crippen LogP contribution in [0.25, 0.3) is 11.5 Å². The van der Waals surface area contributed by atoms with Crippen molar-refractivity contribution in [3.05, 3.63) is 52.2 Å². The molecule has 0 fully saturated rings. The Bertz CT molecular complexity index is 860. The second-order valence-electron chi connectivity index (χ2n) is 4.05. The Morgan fingerprint density at radius 1 is 1.27 bits per heavy atom. The standard InChI is InChI=1S/C14H6BrClN4OS/c15-11-5-19-12(6-18-11)22-10-3-1-2-9(13(10)16)14-20-8(4-17)7-21-14/h1-3,5-7H. The largest absolute Gasteiger partial charge is 0.443 e. The van der Waals surface area contributed by atoms with Gasteiger partial charge in [0.1, 0.15) is 22.0 Å². The van der Waals surface area contributed by atoms with Crippen molar-refractivity contribution in [3.8, 4) is 17.5 Å². The molecule has 8 heteroatoms. The van der Waals surface area contributed by atoms with Crippen LogP contribution in [-0.2, 0) is 0 Å². The number of aromatic nitrogens is 3. The number of halogens is 2. The number of rotatable bonds is 3. The highest BCUT2D eigenvalue weighted by atomic mass is 79.9. The number of nitriles is 1. The Labute approximate surface area is 143 Å². The second-order valence-corrected chi connectivity index (χ2v) is 6.30. The molecule has 108 valence electrons. The van der Waals surface area contributed by atoms with Gasteiger partial charge >= 0.3 is 0 Å². The highest BCUT2D eigenvalue weighted by Crippen LogP contribution is 2.38. The normalized spacial score (nSPS) is 10.4. The minimum atomic E-state index is 0.211. The van der Waals surface area contributed by atoms with Gasteiger partial charge in [0.2, 0.25) is 5.89 Å². The lowest BCUT2D eigenvalue weighted by Gasteiger charge is -2.06. The molecular weight excluding hydrogens is 388 g/mol. The van der Waals surface area contributed by atoms with Gasteiger partial charge < -0.3 is 4.42 Å². The van der Waals surface area contributed by atoms with Gasteiger partial charge in [-0.15, -0.1) is 0 Å². The highest BCUT2D eigenvalue weighted by Gasteiger charge is 2.14. The summed E-state index contributed by atoms with van der Waals surface area (Å²) in [6.07, 6.45) is 4.57. The van der Waals surface area contributed by atoms with Crippen molar-refractivity contribution in [1.82, 2.24) is 15.0 Å². The maximum absolute atomic E-state index is 8.81. The monoisotopic (exact) mass is 392 g/mol. The van der Waals surface area contributed by atoms with Crippen LogP contribution < -0.4 is 0 Å². The molecule has 3 aromatic rings. The molecule has 0 bridgehead atoms. The molecule has 0 atom stereocenters. The predicted octanol–water partition coefficient (Wildman–Crippen LogP) is 4.57. The van der Waals surface area contributed by atoms with Crippen LogP contribution in [0.2, 0.25) is 5.02 Å². The zero-order valence-corrected chi connectivity index (χ0v) is 14.0. The van der Waals surface area contributed by atoms with Crippen molar-refractivity contribution in [2.45, 2.75) is 9.92 Å². The summed E-state index contributed by atoms with van der Waals surface area (Å²) < 4.78 is 5.95. The number of nitrogens with zero attached hydrogens (tertiary/aromatic N) is 4. The van der Waals surface area contributed by atoms with Crippen molar-refractivity contribution in [2.24, 2.45) is 0 Å². The number of oxazole rings is 1. The maximum atomic E-state index is 8.81. The Balaban J connectivity index is 1.95. The number of hydrogen-bond donors (Lipinski definition) is 0. The maximum Gasteiger partial charge on any atom is 0.228 e. The van der Waals surface area contributed by atoms with Crippen molar-refractivity contribution >= 4 is 39.3 Å². The Morgan fingerprint density at radius 2 is 2.14 bits per heavy atom. The molecule has 0 saturated carbocycles. The first kappa shape index (κ1) is 15.0. The molecule has 0 spiro atoms. The average Bonchev–Trinajstić information content (AvgIpc) is 3.00. The summed E-state index contributed by atoms with van der Waals surface area (Å²) in [5.41, 5.74) is 0.834.